The van der Waals surface area contributed by atoms with E-state index in [0.29, 0.717) is 0 Å². The predicted molar refractivity (Wildman–Crippen MR) is 59.5 cm³/mol. The van der Waals surface area contributed by atoms with E-state index in [2.05, 4.69) is 34.1 Å². The molecule has 0 unspecified atom stereocenters. The van der Waals surface area contributed by atoms with Crippen LogP contribution < -0.4 is 0 Å². The lowest BCUT2D eigenvalue weighted by atomic mass is 10.6. The van der Waals surface area contributed by atoms with Crippen molar-refractivity contribution in [3.05, 3.63) is 6.42 Å². The highest BCUT2D eigenvalue weighted by molar-refractivity contribution is 8.00. The lowest BCUT2D eigenvalue weighted by Gasteiger charge is -2.05. The molecule has 0 nitrogen and oxygen atoms in total. The lowest BCUT2D eigenvalue weighted by Crippen LogP contribution is -1.95. The molecule has 0 aromatic rings. The van der Waals surface area contributed by atoms with E-state index in [4.69, 9.17) is 0 Å². The van der Waals surface area contributed by atoms with E-state index in [9.17, 15) is 0 Å². The van der Waals surface area contributed by atoms with E-state index in [-0.39, 0.29) is 0 Å². The topological polar surface area (TPSA) is 0 Å². The summed E-state index contributed by atoms with van der Waals surface area (Å²) in [4.78, 5) is 0. The maximum atomic E-state index is 2.37. The monoisotopic (exact) mass is 191 g/mol. The summed E-state index contributed by atoms with van der Waals surface area (Å²) in [6.45, 7) is 8.98. The number of hydrogen-bond acceptors (Lipinski definition) is 2. The molecule has 0 aromatic carbocycles. The Bertz CT molecular complexity index is 69.6. The minimum Gasteiger partial charge on any atom is -0.159 e. The van der Waals surface area contributed by atoms with Crippen LogP contribution in [0.1, 0.15) is 27.7 Å². The van der Waals surface area contributed by atoms with E-state index >= 15 is 0 Å². The fourth-order valence-electron chi connectivity index (χ4n) is 0.569. The van der Waals surface area contributed by atoms with Crippen LogP contribution in [-0.4, -0.2) is 22.0 Å². The van der Waals surface area contributed by atoms with Crippen molar-refractivity contribution in [2.24, 2.45) is 0 Å². The molecule has 0 aromatic heterocycles. The van der Waals surface area contributed by atoms with Crippen molar-refractivity contribution in [2.45, 2.75) is 38.2 Å². The van der Waals surface area contributed by atoms with Gasteiger partial charge >= 0.3 is 0 Å². The highest BCUT2D eigenvalue weighted by Gasteiger charge is 1.96. The zero-order valence-electron chi connectivity index (χ0n) is 7.96. The molecule has 0 saturated heterocycles. The fourth-order valence-corrected chi connectivity index (χ4v) is 2.00. The standard InChI is InChI=1S/C9H19S2/c1-8(2)10-6-5-7-11-9(3)4/h5,8-9H,6-7H2,1-4H3. The van der Waals surface area contributed by atoms with Gasteiger partial charge in [-0.2, -0.15) is 23.5 Å². The van der Waals surface area contributed by atoms with Gasteiger partial charge in [0, 0.05) is 0 Å². The van der Waals surface area contributed by atoms with Crippen molar-refractivity contribution in [3.63, 3.8) is 0 Å². The number of thioether (sulfide) groups is 2. The van der Waals surface area contributed by atoms with Gasteiger partial charge in [-0.1, -0.05) is 27.7 Å². The second-order valence-corrected chi connectivity index (χ2v) is 6.27. The Morgan fingerprint density at radius 3 is 1.55 bits per heavy atom. The van der Waals surface area contributed by atoms with Gasteiger partial charge in [0.15, 0.2) is 0 Å². The van der Waals surface area contributed by atoms with Crippen LogP contribution in [0.15, 0.2) is 0 Å². The lowest BCUT2D eigenvalue weighted by molar-refractivity contribution is 1.11. The summed E-state index contributed by atoms with van der Waals surface area (Å²) in [7, 11) is 0. The van der Waals surface area contributed by atoms with Crippen LogP contribution in [0.2, 0.25) is 0 Å². The first-order valence-electron chi connectivity index (χ1n) is 4.17. The maximum absolute atomic E-state index is 2.37. The molecule has 0 bridgehead atoms. The van der Waals surface area contributed by atoms with Crippen LogP contribution in [0.3, 0.4) is 0 Å². The summed E-state index contributed by atoms with van der Waals surface area (Å²) in [5, 5.41) is 1.55. The highest BCUT2D eigenvalue weighted by Crippen LogP contribution is 2.14. The third-order valence-corrected chi connectivity index (χ3v) is 3.28. The summed E-state index contributed by atoms with van der Waals surface area (Å²) >= 11 is 4.03. The number of rotatable bonds is 6. The normalized spacial score (nSPS) is 11.5. The van der Waals surface area contributed by atoms with Crippen LogP contribution in [0, 0.1) is 6.42 Å². The SMILES string of the molecule is CC(C)SC[CH]CSC(C)C. The van der Waals surface area contributed by atoms with Crippen LogP contribution >= 0.6 is 23.5 Å². The van der Waals surface area contributed by atoms with Gasteiger partial charge in [0.05, 0.1) is 0 Å². The first-order chi connectivity index (χ1) is 5.13. The molecule has 67 valence electrons. The summed E-state index contributed by atoms with van der Waals surface area (Å²) < 4.78 is 0. The molecular formula is C9H19S2. The van der Waals surface area contributed by atoms with Crippen molar-refractivity contribution in [2.75, 3.05) is 11.5 Å². The first kappa shape index (κ1) is 11.7. The summed E-state index contributed by atoms with van der Waals surface area (Å²) in [5.74, 6) is 2.41. The third-order valence-electron chi connectivity index (χ3n) is 1.09. The molecule has 0 aliphatic rings. The Kier molecular flexibility index (Phi) is 7.82. The minimum absolute atomic E-state index is 0.773. The Morgan fingerprint density at radius 2 is 1.27 bits per heavy atom. The molecule has 2 heteroatoms. The van der Waals surface area contributed by atoms with Crippen molar-refractivity contribution in [3.8, 4) is 0 Å². The van der Waals surface area contributed by atoms with E-state index in [1.165, 1.54) is 11.5 Å². The zero-order chi connectivity index (χ0) is 8.69. The predicted octanol–water partition coefficient (Wildman–Crippen LogP) is 3.47. The molecule has 1 radical (unpaired) electrons. The molecule has 11 heavy (non-hydrogen) atoms. The fraction of sp³-hybridized carbons (Fsp3) is 0.889. The van der Waals surface area contributed by atoms with E-state index in [0.717, 1.165) is 10.5 Å². The van der Waals surface area contributed by atoms with Crippen molar-refractivity contribution >= 4 is 23.5 Å². The molecule has 0 aliphatic heterocycles. The quantitative estimate of drug-likeness (QED) is 0.590. The van der Waals surface area contributed by atoms with E-state index in [1.807, 2.05) is 23.5 Å². The first-order valence-corrected chi connectivity index (χ1v) is 6.27. The van der Waals surface area contributed by atoms with Crippen molar-refractivity contribution in [1.82, 2.24) is 0 Å². The molecule has 0 atom stereocenters. The summed E-state index contributed by atoms with van der Waals surface area (Å²) in [6, 6.07) is 0. The molecule has 0 rings (SSSR count). The molecule has 0 aliphatic carbocycles. The smallest absolute Gasteiger partial charge is 0.000957 e. The van der Waals surface area contributed by atoms with Gasteiger partial charge in [0.1, 0.15) is 0 Å². The van der Waals surface area contributed by atoms with Gasteiger partial charge in [-0.3, -0.25) is 0 Å². The van der Waals surface area contributed by atoms with Gasteiger partial charge in [-0.15, -0.1) is 0 Å². The summed E-state index contributed by atoms with van der Waals surface area (Å²) in [6.07, 6.45) is 2.37. The Balaban J connectivity index is 2.91. The molecule has 0 amide bonds. The second kappa shape index (κ2) is 7.35. The number of hydrogen-bond donors (Lipinski definition) is 0. The van der Waals surface area contributed by atoms with Crippen molar-refractivity contribution < 1.29 is 0 Å². The largest absolute Gasteiger partial charge is 0.159 e. The van der Waals surface area contributed by atoms with Gasteiger partial charge in [-0.05, 0) is 28.4 Å². The van der Waals surface area contributed by atoms with Gasteiger partial charge in [0.25, 0.3) is 0 Å². The van der Waals surface area contributed by atoms with E-state index < -0.39 is 0 Å². The summed E-state index contributed by atoms with van der Waals surface area (Å²) in [5.41, 5.74) is 0. The molecule has 0 saturated carbocycles. The van der Waals surface area contributed by atoms with E-state index in [1.54, 1.807) is 0 Å². The molecule has 0 heterocycles. The highest BCUT2D eigenvalue weighted by atomic mass is 32.2. The van der Waals surface area contributed by atoms with Crippen molar-refractivity contribution in [1.29, 1.82) is 0 Å². The average molecular weight is 191 g/mol. The Morgan fingerprint density at radius 1 is 0.909 bits per heavy atom. The average Bonchev–Trinajstić information content (AvgIpc) is 1.85. The minimum atomic E-state index is 0.773. The van der Waals surface area contributed by atoms with Crippen LogP contribution in [0.25, 0.3) is 0 Å². The van der Waals surface area contributed by atoms with Gasteiger partial charge in [-0.25, -0.2) is 0 Å². The van der Waals surface area contributed by atoms with Gasteiger partial charge in [0.2, 0.25) is 0 Å². The second-order valence-electron chi connectivity index (χ2n) is 3.05. The van der Waals surface area contributed by atoms with Crippen LogP contribution in [0.4, 0.5) is 0 Å². The van der Waals surface area contributed by atoms with Crippen LogP contribution in [-0.2, 0) is 0 Å². The molecule has 0 N–H and O–H groups in total. The Hall–Kier alpha value is 0.700. The molecular weight excluding hydrogens is 172 g/mol. The zero-order valence-corrected chi connectivity index (χ0v) is 9.60. The Labute approximate surface area is 79.9 Å². The molecule has 0 spiro atoms. The maximum Gasteiger partial charge on any atom is -0.000957 e. The third kappa shape index (κ3) is 10.7. The van der Waals surface area contributed by atoms with Crippen LogP contribution in [0.5, 0.6) is 0 Å². The molecule has 0 fully saturated rings. The van der Waals surface area contributed by atoms with Gasteiger partial charge < -0.3 is 0 Å².